The van der Waals surface area contributed by atoms with Gasteiger partial charge in [-0.05, 0) is 53.7 Å². The summed E-state index contributed by atoms with van der Waals surface area (Å²) in [5.41, 5.74) is 0. The van der Waals surface area contributed by atoms with Crippen LogP contribution in [-0.2, 0) is 0 Å². The van der Waals surface area contributed by atoms with Crippen molar-refractivity contribution in [2.45, 2.75) is 31.7 Å². The minimum Gasteiger partial charge on any atom is -0.396 e. The van der Waals surface area contributed by atoms with Crippen molar-refractivity contribution in [3.63, 3.8) is 0 Å². The van der Waals surface area contributed by atoms with Crippen molar-refractivity contribution in [3.8, 4) is 0 Å². The molecular formula is C12H17BrN2O. The molecule has 1 aromatic rings. The number of rotatable bonds is 5. The van der Waals surface area contributed by atoms with Crippen LogP contribution in [0.3, 0.4) is 0 Å². The Kier molecular flexibility index (Phi) is 4.18. The van der Waals surface area contributed by atoms with Gasteiger partial charge in [-0.1, -0.05) is 0 Å². The summed E-state index contributed by atoms with van der Waals surface area (Å²) in [6, 6.07) is 4.56. The molecule has 1 aliphatic carbocycles. The third kappa shape index (κ3) is 2.55. The second-order valence-corrected chi connectivity index (χ2v) is 5.02. The molecule has 1 aliphatic rings. The standard InChI is InChI=1S/C12H17BrN2O/c13-11-6-2-7-14-12(11)15(8-3-9-16)10-4-1-5-10/h2,6-7,10,16H,1,3-5,8-9H2. The first-order valence-corrected chi connectivity index (χ1v) is 6.60. The number of aliphatic hydroxyl groups is 1. The van der Waals surface area contributed by atoms with Gasteiger partial charge in [0.15, 0.2) is 0 Å². The Morgan fingerprint density at radius 1 is 1.50 bits per heavy atom. The van der Waals surface area contributed by atoms with Gasteiger partial charge in [0.1, 0.15) is 5.82 Å². The molecule has 1 N–H and O–H groups in total. The third-order valence-electron chi connectivity index (χ3n) is 3.08. The van der Waals surface area contributed by atoms with Crippen molar-refractivity contribution < 1.29 is 5.11 Å². The summed E-state index contributed by atoms with van der Waals surface area (Å²) < 4.78 is 1.04. The van der Waals surface area contributed by atoms with Crippen molar-refractivity contribution >= 4 is 21.7 Å². The van der Waals surface area contributed by atoms with E-state index in [0.717, 1.165) is 23.3 Å². The molecule has 0 radical (unpaired) electrons. The maximum Gasteiger partial charge on any atom is 0.143 e. The van der Waals surface area contributed by atoms with Gasteiger partial charge < -0.3 is 10.0 Å². The van der Waals surface area contributed by atoms with E-state index >= 15 is 0 Å². The normalized spacial score (nSPS) is 15.9. The van der Waals surface area contributed by atoms with Crippen LogP contribution in [0, 0.1) is 0 Å². The summed E-state index contributed by atoms with van der Waals surface area (Å²) >= 11 is 3.54. The summed E-state index contributed by atoms with van der Waals surface area (Å²) in [4.78, 5) is 6.76. The number of aliphatic hydroxyl groups excluding tert-OH is 1. The molecule has 16 heavy (non-hydrogen) atoms. The van der Waals surface area contributed by atoms with Crippen LogP contribution in [0.25, 0.3) is 0 Å². The monoisotopic (exact) mass is 284 g/mol. The van der Waals surface area contributed by atoms with Crippen molar-refractivity contribution in [1.82, 2.24) is 4.98 Å². The topological polar surface area (TPSA) is 36.4 Å². The Morgan fingerprint density at radius 2 is 2.31 bits per heavy atom. The summed E-state index contributed by atoms with van der Waals surface area (Å²) in [6.45, 7) is 1.13. The molecule has 0 aliphatic heterocycles. The molecule has 0 aromatic carbocycles. The van der Waals surface area contributed by atoms with Crippen molar-refractivity contribution in [2.75, 3.05) is 18.1 Å². The molecule has 3 nitrogen and oxygen atoms in total. The smallest absolute Gasteiger partial charge is 0.143 e. The minimum atomic E-state index is 0.244. The van der Waals surface area contributed by atoms with Gasteiger partial charge in [-0.25, -0.2) is 4.98 Å². The third-order valence-corrected chi connectivity index (χ3v) is 3.70. The van der Waals surface area contributed by atoms with E-state index in [0.29, 0.717) is 6.04 Å². The number of pyridine rings is 1. The predicted octanol–water partition coefficient (Wildman–Crippen LogP) is 2.59. The Balaban J connectivity index is 2.13. The maximum atomic E-state index is 8.95. The first kappa shape index (κ1) is 11.9. The van der Waals surface area contributed by atoms with Crippen LogP contribution in [0.5, 0.6) is 0 Å². The molecule has 0 spiro atoms. The van der Waals surface area contributed by atoms with Crippen LogP contribution < -0.4 is 4.90 Å². The number of hydrogen-bond acceptors (Lipinski definition) is 3. The molecule has 0 saturated heterocycles. The molecule has 1 saturated carbocycles. The lowest BCUT2D eigenvalue weighted by Crippen LogP contribution is -2.41. The van der Waals surface area contributed by atoms with Crippen molar-refractivity contribution in [3.05, 3.63) is 22.8 Å². The molecule has 0 bridgehead atoms. The number of aromatic nitrogens is 1. The van der Waals surface area contributed by atoms with Crippen LogP contribution in [0.4, 0.5) is 5.82 Å². The largest absolute Gasteiger partial charge is 0.396 e. The van der Waals surface area contributed by atoms with Gasteiger partial charge in [-0.15, -0.1) is 0 Å². The van der Waals surface area contributed by atoms with Crippen molar-refractivity contribution in [1.29, 1.82) is 0 Å². The number of hydrogen-bond donors (Lipinski definition) is 1. The molecule has 1 fully saturated rings. The molecule has 1 heterocycles. The van der Waals surface area contributed by atoms with Gasteiger partial charge >= 0.3 is 0 Å². The summed E-state index contributed by atoms with van der Waals surface area (Å²) in [6.07, 6.45) is 6.43. The van der Waals surface area contributed by atoms with Gasteiger partial charge in [0.25, 0.3) is 0 Å². The van der Waals surface area contributed by atoms with Crippen LogP contribution in [-0.4, -0.2) is 29.3 Å². The lowest BCUT2D eigenvalue weighted by Gasteiger charge is -2.38. The zero-order valence-corrected chi connectivity index (χ0v) is 10.9. The van der Waals surface area contributed by atoms with Crippen LogP contribution in [0.2, 0.25) is 0 Å². The quantitative estimate of drug-likeness (QED) is 0.903. The molecule has 1 aromatic heterocycles. The molecule has 88 valence electrons. The van der Waals surface area contributed by atoms with E-state index in [1.54, 1.807) is 0 Å². The van der Waals surface area contributed by atoms with E-state index < -0.39 is 0 Å². The van der Waals surface area contributed by atoms with E-state index in [4.69, 9.17) is 5.11 Å². The molecular weight excluding hydrogens is 268 g/mol. The van der Waals surface area contributed by atoms with Gasteiger partial charge in [0.2, 0.25) is 0 Å². The molecule has 0 atom stereocenters. The highest BCUT2D eigenvalue weighted by atomic mass is 79.9. The average molecular weight is 285 g/mol. The van der Waals surface area contributed by atoms with E-state index in [1.165, 1.54) is 19.3 Å². The predicted molar refractivity (Wildman–Crippen MR) is 68.6 cm³/mol. The van der Waals surface area contributed by atoms with E-state index in [2.05, 4.69) is 25.8 Å². The highest BCUT2D eigenvalue weighted by Crippen LogP contribution is 2.32. The summed E-state index contributed by atoms with van der Waals surface area (Å²) in [7, 11) is 0. The average Bonchev–Trinajstić information content (AvgIpc) is 2.22. The Morgan fingerprint density at radius 3 is 2.88 bits per heavy atom. The van der Waals surface area contributed by atoms with Gasteiger partial charge in [-0.2, -0.15) is 0 Å². The highest BCUT2D eigenvalue weighted by molar-refractivity contribution is 9.10. The SMILES string of the molecule is OCCCN(c1ncccc1Br)C1CCC1. The Hall–Kier alpha value is -0.610. The van der Waals surface area contributed by atoms with E-state index in [9.17, 15) is 0 Å². The second-order valence-electron chi connectivity index (χ2n) is 4.16. The lowest BCUT2D eigenvalue weighted by atomic mass is 9.91. The number of nitrogens with zero attached hydrogens (tertiary/aromatic N) is 2. The molecule has 2 rings (SSSR count). The van der Waals surface area contributed by atoms with Crippen LogP contribution in [0.15, 0.2) is 22.8 Å². The Labute approximate surface area is 105 Å². The second kappa shape index (κ2) is 5.64. The van der Waals surface area contributed by atoms with Crippen molar-refractivity contribution in [2.24, 2.45) is 0 Å². The van der Waals surface area contributed by atoms with Gasteiger partial charge in [-0.3, -0.25) is 0 Å². The lowest BCUT2D eigenvalue weighted by molar-refractivity contribution is 0.282. The first-order chi connectivity index (χ1) is 7.83. The fraction of sp³-hybridized carbons (Fsp3) is 0.583. The zero-order valence-electron chi connectivity index (χ0n) is 9.27. The van der Waals surface area contributed by atoms with Gasteiger partial charge in [0, 0.05) is 25.4 Å². The first-order valence-electron chi connectivity index (χ1n) is 5.81. The fourth-order valence-electron chi connectivity index (χ4n) is 1.99. The number of halogens is 1. The molecule has 0 unspecified atom stereocenters. The zero-order chi connectivity index (χ0) is 11.4. The summed E-state index contributed by atoms with van der Waals surface area (Å²) in [5, 5.41) is 8.95. The van der Waals surface area contributed by atoms with E-state index in [1.807, 2.05) is 18.3 Å². The van der Waals surface area contributed by atoms with E-state index in [-0.39, 0.29) is 6.61 Å². The van der Waals surface area contributed by atoms with Crippen LogP contribution >= 0.6 is 15.9 Å². The fourth-order valence-corrected chi connectivity index (χ4v) is 2.47. The maximum absolute atomic E-state index is 8.95. The molecule has 4 heteroatoms. The number of anilines is 1. The Bertz CT molecular complexity index is 342. The summed E-state index contributed by atoms with van der Waals surface area (Å²) in [5.74, 6) is 1.01. The van der Waals surface area contributed by atoms with Crippen LogP contribution in [0.1, 0.15) is 25.7 Å². The molecule has 0 amide bonds. The minimum absolute atomic E-state index is 0.244. The highest BCUT2D eigenvalue weighted by Gasteiger charge is 2.26. The van der Waals surface area contributed by atoms with Gasteiger partial charge in [0.05, 0.1) is 4.47 Å².